The molecule has 4 heteroatoms. The first-order valence-corrected chi connectivity index (χ1v) is 10.4. The molecule has 0 aliphatic carbocycles. The van der Waals surface area contributed by atoms with Crippen LogP contribution in [0.15, 0.2) is 12.2 Å². The summed E-state index contributed by atoms with van der Waals surface area (Å²) < 4.78 is 11.3. The highest BCUT2D eigenvalue weighted by Crippen LogP contribution is 2.15. The highest BCUT2D eigenvalue weighted by atomic mass is 16.7. The summed E-state index contributed by atoms with van der Waals surface area (Å²) in [5.41, 5.74) is 0. The van der Waals surface area contributed by atoms with Gasteiger partial charge in [0.15, 0.2) is 6.29 Å². The molecule has 0 saturated carbocycles. The first kappa shape index (κ1) is 22.2. The molecular formula is C21H38O4. The van der Waals surface area contributed by atoms with E-state index in [2.05, 4.69) is 0 Å². The van der Waals surface area contributed by atoms with E-state index < -0.39 is 5.97 Å². The molecule has 1 aliphatic heterocycles. The lowest BCUT2D eigenvalue weighted by molar-refractivity contribution is -0.162. The Morgan fingerprint density at radius 2 is 1.52 bits per heavy atom. The van der Waals surface area contributed by atoms with E-state index in [9.17, 15) is 4.79 Å². The van der Waals surface area contributed by atoms with E-state index in [-0.39, 0.29) is 6.29 Å². The Morgan fingerprint density at radius 1 is 0.920 bits per heavy atom. The summed E-state index contributed by atoms with van der Waals surface area (Å²) in [6, 6.07) is 0. The summed E-state index contributed by atoms with van der Waals surface area (Å²) in [7, 11) is 0. The normalized spacial score (nSPS) is 18.0. The van der Waals surface area contributed by atoms with Crippen LogP contribution in [-0.4, -0.2) is 30.6 Å². The van der Waals surface area contributed by atoms with E-state index in [4.69, 9.17) is 14.6 Å². The Balaban J connectivity index is 1.69. The molecule has 0 amide bonds. The molecule has 1 saturated heterocycles. The van der Waals surface area contributed by atoms with Crippen molar-refractivity contribution in [3.8, 4) is 0 Å². The topological polar surface area (TPSA) is 55.8 Å². The van der Waals surface area contributed by atoms with E-state index in [1.165, 1.54) is 76.7 Å². The van der Waals surface area contributed by atoms with Crippen molar-refractivity contribution in [3.05, 3.63) is 12.2 Å². The third kappa shape index (κ3) is 15.1. The number of aliphatic carboxylic acids is 1. The number of ether oxygens (including phenoxy) is 2. The monoisotopic (exact) mass is 354 g/mol. The lowest BCUT2D eigenvalue weighted by Crippen LogP contribution is -2.22. The highest BCUT2D eigenvalue weighted by molar-refractivity contribution is 5.79. The van der Waals surface area contributed by atoms with E-state index in [1.54, 1.807) is 6.08 Å². The second-order valence-electron chi connectivity index (χ2n) is 7.09. The Labute approximate surface area is 154 Å². The van der Waals surface area contributed by atoms with Crippen LogP contribution in [0.2, 0.25) is 0 Å². The molecule has 0 aromatic carbocycles. The van der Waals surface area contributed by atoms with Crippen LogP contribution in [0.3, 0.4) is 0 Å². The number of unbranched alkanes of at least 4 members (excludes halogenated alkanes) is 11. The smallest absolute Gasteiger partial charge is 0.327 e. The summed E-state index contributed by atoms with van der Waals surface area (Å²) in [6.45, 7) is 1.72. The summed E-state index contributed by atoms with van der Waals surface area (Å²) in [5.74, 6) is -0.842. The number of hydrogen-bond donors (Lipinski definition) is 1. The molecular weight excluding hydrogens is 316 g/mol. The molecule has 0 bridgehead atoms. The van der Waals surface area contributed by atoms with Gasteiger partial charge in [-0.25, -0.2) is 4.79 Å². The van der Waals surface area contributed by atoms with Gasteiger partial charge < -0.3 is 14.6 Å². The van der Waals surface area contributed by atoms with E-state index in [1.807, 2.05) is 0 Å². The molecule has 4 nitrogen and oxygen atoms in total. The molecule has 0 aromatic heterocycles. The van der Waals surface area contributed by atoms with Crippen molar-refractivity contribution in [2.24, 2.45) is 0 Å². The Hall–Kier alpha value is -0.870. The lowest BCUT2D eigenvalue weighted by Gasteiger charge is -2.22. The maximum absolute atomic E-state index is 10.3. The van der Waals surface area contributed by atoms with Gasteiger partial charge >= 0.3 is 5.97 Å². The van der Waals surface area contributed by atoms with Crippen molar-refractivity contribution in [2.45, 2.75) is 103 Å². The second kappa shape index (κ2) is 16.6. The number of carboxylic acids is 1. The van der Waals surface area contributed by atoms with Gasteiger partial charge in [0.1, 0.15) is 0 Å². The van der Waals surface area contributed by atoms with Crippen molar-refractivity contribution in [3.63, 3.8) is 0 Å². The van der Waals surface area contributed by atoms with Gasteiger partial charge in [0.05, 0.1) is 0 Å². The molecule has 1 N–H and O–H groups in total. The van der Waals surface area contributed by atoms with Gasteiger partial charge in [0.25, 0.3) is 0 Å². The zero-order valence-corrected chi connectivity index (χ0v) is 15.9. The van der Waals surface area contributed by atoms with Gasteiger partial charge in [0, 0.05) is 19.3 Å². The second-order valence-corrected chi connectivity index (χ2v) is 7.09. The average Bonchev–Trinajstić information content (AvgIpc) is 2.62. The van der Waals surface area contributed by atoms with Crippen LogP contribution >= 0.6 is 0 Å². The Bertz CT molecular complexity index is 335. The van der Waals surface area contributed by atoms with Gasteiger partial charge in [-0.3, -0.25) is 0 Å². The zero-order valence-electron chi connectivity index (χ0n) is 15.9. The molecule has 1 atom stereocenters. The molecule has 25 heavy (non-hydrogen) atoms. The highest BCUT2D eigenvalue weighted by Gasteiger charge is 2.13. The van der Waals surface area contributed by atoms with Gasteiger partial charge in [-0.15, -0.1) is 0 Å². The maximum atomic E-state index is 10.3. The minimum atomic E-state index is -0.842. The zero-order chi connectivity index (χ0) is 18.0. The van der Waals surface area contributed by atoms with Crippen LogP contribution in [-0.2, 0) is 14.3 Å². The van der Waals surface area contributed by atoms with Crippen molar-refractivity contribution >= 4 is 5.97 Å². The molecule has 0 radical (unpaired) electrons. The number of carbonyl (C=O) groups is 1. The number of carboxylic acid groups (broad SMARTS) is 1. The molecule has 1 aliphatic rings. The largest absolute Gasteiger partial charge is 0.478 e. The van der Waals surface area contributed by atoms with Crippen molar-refractivity contribution in [1.82, 2.24) is 0 Å². The maximum Gasteiger partial charge on any atom is 0.327 e. The Morgan fingerprint density at radius 3 is 2.08 bits per heavy atom. The van der Waals surface area contributed by atoms with Gasteiger partial charge in [0.2, 0.25) is 0 Å². The molecule has 0 spiro atoms. The van der Waals surface area contributed by atoms with Crippen LogP contribution in [0, 0.1) is 0 Å². The fourth-order valence-electron chi connectivity index (χ4n) is 3.20. The molecule has 1 unspecified atom stereocenters. The first-order chi connectivity index (χ1) is 12.3. The average molecular weight is 355 g/mol. The van der Waals surface area contributed by atoms with Gasteiger partial charge in [-0.05, 0) is 38.5 Å². The van der Waals surface area contributed by atoms with E-state index in [0.29, 0.717) is 0 Å². The van der Waals surface area contributed by atoms with Crippen LogP contribution in [0.4, 0.5) is 0 Å². The number of hydrogen-bond acceptors (Lipinski definition) is 3. The van der Waals surface area contributed by atoms with Crippen molar-refractivity contribution in [1.29, 1.82) is 0 Å². The third-order valence-electron chi connectivity index (χ3n) is 4.72. The van der Waals surface area contributed by atoms with Crippen LogP contribution in [0.5, 0.6) is 0 Å². The molecule has 1 fully saturated rings. The standard InChI is InChI=1S/C21H38O4/c22-20(23)16-12-10-8-6-4-2-1-3-5-7-9-11-14-18-24-21-17-13-15-19-25-21/h12,16,21H,1-11,13-15,17-19H2,(H,22,23). The molecule has 1 heterocycles. The fourth-order valence-corrected chi connectivity index (χ4v) is 3.20. The summed E-state index contributed by atoms with van der Waals surface area (Å²) in [5, 5.41) is 8.47. The molecule has 0 aromatic rings. The first-order valence-electron chi connectivity index (χ1n) is 10.4. The van der Waals surface area contributed by atoms with E-state index in [0.717, 1.165) is 38.9 Å². The Kier molecular flexibility index (Phi) is 14.7. The predicted octanol–water partition coefficient (Wildman–Crippen LogP) is 5.85. The fraction of sp³-hybridized carbons (Fsp3) is 0.857. The number of rotatable bonds is 16. The minimum absolute atomic E-state index is 0.0712. The van der Waals surface area contributed by atoms with Crippen molar-refractivity contribution in [2.75, 3.05) is 13.2 Å². The third-order valence-corrected chi connectivity index (χ3v) is 4.72. The lowest BCUT2D eigenvalue weighted by atomic mass is 10.1. The summed E-state index contributed by atoms with van der Waals surface area (Å²) >= 11 is 0. The molecule has 146 valence electrons. The van der Waals surface area contributed by atoms with Crippen LogP contribution < -0.4 is 0 Å². The summed E-state index contributed by atoms with van der Waals surface area (Å²) in [6.07, 6.45) is 21.5. The minimum Gasteiger partial charge on any atom is -0.478 e. The van der Waals surface area contributed by atoms with Crippen molar-refractivity contribution < 1.29 is 19.4 Å². The van der Waals surface area contributed by atoms with Gasteiger partial charge in [-0.1, -0.05) is 63.9 Å². The van der Waals surface area contributed by atoms with Crippen LogP contribution in [0.25, 0.3) is 0 Å². The van der Waals surface area contributed by atoms with Gasteiger partial charge in [-0.2, -0.15) is 0 Å². The number of allylic oxidation sites excluding steroid dienone is 1. The van der Waals surface area contributed by atoms with E-state index >= 15 is 0 Å². The summed E-state index contributed by atoms with van der Waals surface area (Å²) in [4.78, 5) is 10.3. The predicted molar refractivity (Wildman–Crippen MR) is 102 cm³/mol. The quantitative estimate of drug-likeness (QED) is 0.279. The van der Waals surface area contributed by atoms with Crippen LogP contribution in [0.1, 0.15) is 96.3 Å². The molecule has 1 rings (SSSR count). The SMILES string of the molecule is O=C(O)C=CCCCCCCCCCCCCCOC1CCCCO1.